The molecular weight excluding hydrogens is 278 g/mol. The number of anilines is 2. The molecule has 9 heteroatoms. The number of rotatable bonds is 10. The van der Waals surface area contributed by atoms with Crippen molar-refractivity contribution >= 4 is 17.3 Å². The van der Waals surface area contributed by atoms with Gasteiger partial charge in [-0.25, -0.2) is 9.97 Å². The lowest BCUT2D eigenvalue weighted by atomic mass is 10.3. The molecule has 0 radical (unpaired) electrons. The molecule has 1 aromatic heterocycles. The Morgan fingerprint density at radius 1 is 1.48 bits per heavy atom. The van der Waals surface area contributed by atoms with Gasteiger partial charge in [-0.2, -0.15) is 0 Å². The molecule has 0 aromatic carbocycles. The summed E-state index contributed by atoms with van der Waals surface area (Å²) >= 11 is 0. The van der Waals surface area contributed by atoms with Crippen molar-refractivity contribution in [1.29, 1.82) is 0 Å². The highest BCUT2D eigenvalue weighted by Gasteiger charge is 2.26. The molecule has 2 N–H and O–H groups in total. The van der Waals surface area contributed by atoms with E-state index in [1.807, 2.05) is 6.92 Å². The molecule has 0 bridgehead atoms. The normalized spacial score (nSPS) is 10.4. The Morgan fingerprint density at radius 3 is 2.81 bits per heavy atom. The summed E-state index contributed by atoms with van der Waals surface area (Å²) in [5, 5.41) is 23.4. The molecule has 0 fully saturated rings. The molecule has 0 aliphatic heterocycles. The van der Waals surface area contributed by atoms with Gasteiger partial charge < -0.3 is 20.1 Å². The number of methoxy groups -OCH3 is 1. The van der Waals surface area contributed by atoms with E-state index < -0.39 is 4.92 Å². The zero-order valence-electron chi connectivity index (χ0n) is 12.3. The van der Waals surface area contributed by atoms with E-state index >= 15 is 0 Å². The van der Waals surface area contributed by atoms with Crippen LogP contribution in [-0.2, 0) is 4.74 Å². The number of aliphatic hydroxyl groups is 1. The van der Waals surface area contributed by atoms with Gasteiger partial charge in [0, 0.05) is 26.7 Å². The number of aromatic nitrogens is 2. The summed E-state index contributed by atoms with van der Waals surface area (Å²) in [5.41, 5.74) is -0.185. The minimum atomic E-state index is -0.509. The van der Waals surface area contributed by atoms with Crippen LogP contribution in [0.25, 0.3) is 0 Å². The lowest BCUT2D eigenvalue weighted by Crippen LogP contribution is -2.31. The second kappa shape index (κ2) is 9.03. The first-order valence-electron chi connectivity index (χ1n) is 6.73. The lowest BCUT2D eigenvalue weighted by molar-refractivity contribution is -0.383. The highest BCUT2D eigenvalue weighted by atomic mass is 16.6. The van der Waals surface area contributed by atoms with Crippen molar-refractivity contribution in [3.63, 3.8) is 0 Å². The van der Waals surface area contributed by atoms with E-state index in [0.29, 0.717) is 19.7 Å². The molecule has 21 heavy (non-hydrogen) atoms. The Bertz CT molecular complexity index is 457. The number of nitro groups is 1. The molecule has 118 valence electrons. The molecule has 0 saturated heterocycles. The Hall–Kier alpha value is -2.00. The molecule has 1 rings (SSSR count). The van der Waals surface area contributed by atoms with Gasteiger partial charge in [-0.3, -0.25) is 10.1 Å². The summed E-state index contributed by atoms with van der Waals surface area (Å²) in [7, 11) is 1.54. The third-order valence-electron chi connectivity index (χ3n) is 2.76. The van der Waals surface area contributed by atoms with Crippen LogP contribution in [0.3, 0.4) is 0 Å². The van der Waals surface area contributed by atoms with E-state index in [1.165, 1.54) is 6.33 Å². The third-order valence-corrected chi connectivity index (χ3v) is 2.76. The standard InChI is InChI=1S/C12H21N5O4/c1-3-4-13-11-10(17(19)20)12(15-9-14-11)16(5-7-18)6-8-21-2/h9,18H,3-8H2,1-2H3,(H,13,14,15). The van der Waals surface area contributed by atoms with Crippen LogP contribution < -0.4 is 10.2 Å². The van der Waals surface area contributed by atoms with E-state index in [4.69, 9.17) is 9.84 Å². The first kappa shape index (κ1) is 17.1. The fraction of sp³-hybridized carbons (Fsp3) is 0.667. The van der Waals surface area contributed by atoms with Gasteiger partial charge in [0.05, 0.1) is 18.1 Å². The number of aliphatic hydroxyl groups excluding tert-OH is 1. The highest BCUT2D eigenvalue weighted by Crippen LogP contribution is 2.31. The molecule has 1 heterocycles. The Kier molecular flexibility index (Phi) is 7.33. The topological polar surface area (TPSA) is 114 Å². The average Bonchev–Trinajstić information content (AvgIpc) is 2.48. The van der Waals surface area contributed by atoms with Gasteiger partial charge in [0.2, 0.25) is 11.6 Å². The van der Waals surface area contributed by atoms with Crippen molar-refractivity contribution in [3.8, 4) is 0 Å². The zero-order valence-corrected chi connectivity index (χ0v) is 12.3. The van der Waals surface area contributed by atoms with Crippen molar-refractivity contribution in [3.05, 3.63) is 16.4 Å². The van der Waals surface area contributed by atoms with Crippen LogP contribution in [0.5, 0.6) is 0 Å². The Labute approximate surface area is 123 Å². The van der Waals surface area contributed by atoms with Crippen LogP contribution >= 0.6 is 0 Å². The number of ether oxygens (including phenoxy) is 1. The first-order valence-corrected chi connectivity index (χ1v) is 6.73. The van der Waals surface area contributed by atoms with E-state index in [-0.39, 0.29) is 30.5 Å². The van der Waals surface area contributed by atoms with Gasteiger partial charge in [0.1, 0.15) is 6.33 Å². The maximum atomic E-state index is 11.4. The number of hydrogen-bond donors (Lipinski definition) is 2. The predicted octanol–water partition coefficient (Wildman–Crippen LogP) is 0.652. The van der Waals surface area contributed by atoms with E-state index in [2.05, 4.69) is 15.3 Å². The highest BCUT2D eigenvalue weighted by molar-refractivity contribution is 5.70. The quantitative estimate of drug-likeness (QED) is 0.478. The fourth-order valence-corrected chi connectivity index (χ4v) is 1.79. The number of nitrogens with zero attached hydrogens (tertiary/aromatic N) is 4. The van der Waals surface area contributed by atoms with Crippen LogP contribution in [0.2, 0.25) is 0 Å². The van der Waals surface area contributed by atoms with Crippen LogP contribution in [0.4, 0.5) is 17.3 Å². The van der Waals surface area contributed by atoms with Crippen molar-refractivity contribution < 1.29 is 14.8 Å². The van der Waals surface area contributed by atoms with Gasteiger partial charge in [0.25, 0.3) is 0 Å². The van der Waals surface area contributed by atoms with Crippen LogP contribution in [0.1, 0.15) is 13.3 Å². The van der Waals surface area contributed by atoms with Gasteiger partial charge in [-0.15, -0.1) is 0 Å². The largest absolute Gasteiger partial charge is 0.395 e. The molecular formula is C12H21N5O4. The maximum absolute atomic E-state index is 11.4. The van der Waals surface area contributed by atoms with Crippen molar-refractivity contribution in [2.24, 2.45) is 0 Å². The minimum Gasteiger partial charge on any atom is -0.395 e. The second-order valence-electron chi connectivity index (χ2n) is 4.28. The summed E-state index contributed by atoms with van der Waals surface area (Å²) in [5.74, 6) is 0.368. The van der Waals surface area contributed by atoms with Gasteiger partial charge in [-0.05, 0) is 6.42 Å². The maximum Gasteiger partial charge on any atom is 0.353 e. The van der Waals surface area contributed by atoms with E-state index in [0.717, 1.165) is 6.42 Å². The van der Waals surface area contributed by atoms with Gasteiger partial charge >= 0.3 is 5.69 Å². The van der Waals surface area contributed by atoms with Crippen LogP contribution in [0.15, 0.2) is 6.33 Å². The van der Waals surface area contributed by atoms with Gasteiger partial charge in [0.15, 0.2) is 0 Å². The van der Waals surface area contributed by atoms with Crippen LogP contribution in [-0.4, -0.2) is 60.0 Å². The summed E-state index contributed by atoms with van der Waals surface area (Å²) in [6.07, 6.45) is 2.10. The SMILES string of the molecule is CCCNc1ncnc(N(CCO)CCOC)c1[N+](=O)[O-]. The average molecular weight is 299 g/mol. The Balaban J connectivity index is 3.14. The summed E-state index contributed by atoms with van der Waals surface area (Å²) in [6, 6.07) is 0. The molecule has 0 atom stereocenters. The molecule has 0 spiro atoms. The molecule has 0 aliphatic rings. The minimum absolute atomic E-state index is 0.136. The summed E-state index contributed by atoms with van der Waals surface area (Å²) in [6.45, 7) is 3.39. The predicted molar refractivity (Wildman–Crippen MR) is 78.6 cm³/mol. The molecule has 1 aromatic rings. The van der Waals surface area contributed by atoms with Crippen molar-refractivity contribution in [1.82, 2.24) is 9.97 Å². The lowest BCUT2D eigenvalue weighted by Gasteiger charge is -2.22. The fourth-order valence-electron chi connectivity index (χ4n) is 1.79. The summed E-state index contributed by atoms with van der Waals surface area (Å²) < 4.78 is 4.98. The Morgan fingerprint density at radius 2 is 2.24 bits per heavy atom. The monoisotopic (exact) mass is 299 g/mol. The number of hydrogen-bond acceptors (Lipinski definition) is 8. The second-order valence-corrected chi connectivity index (χ2v) is 4.28. The van der Waals surface area contributed by atoms with Crippen LogP contribution in [0, 0.1) is 10.1 Å². The summed E-state index contributed by atoms with van der Waals surface area (Å²) in [4.78, 5) is 20.4. The van der Waals surface area contributed by atoms with Gasteiger partial charge in [-0.1, -0.05) is 6.92 Å². The van der Waals surface area contributed by atoms with Crippen molar-refractivity contribution in [2.45, 2.75) is 13.3 Å². The van der Waals surface area contributed by atoms with E-state index in [9.17, 15) is 10.1 Å². The smallest absolute Gasteiger partial charge is 0.353 e. The molecule has 0 aliphatic carbocycles. The third kappa shape index (κ3) is 4.80. The molecule has 9 nitrogen and oxygen atoms in total. The molecule has 0 unspecified atom stereocenters. The van der Waals surface area contributed by atoms with Crippen molar-refractivity contribution in [2.75, 3.05) is 50.2 Å². The zero-order chi connectivity index (χ0) is 15.7. The van der Waals surface area contributed by atoms with E-state index in [1.54, 1.807) is 12.0 Å². The first-order chi connectivity index (χ1) is 10.2. The molecule has 0 amide bonds. The number of nitrogens with one attached hydrogen (secondary N) is 1. The molecule has 0 saturated carbocycles.